The predicted molar refractivity (Wildman–Crippen MR) is 78.1 cm³/mol. The summed E-state index contributed by atoms with van der Waals surface area (Å²) in [5.41, 5.74) is 0.125. The number of hydrogen-bond donors (Lipinski definition) is 0. The van der Waals surface area contributed by atoms with Crippen LogP contribution in [0.5, 0.6) is 0 Å². The first kappa shape index (κ1) is 14.8. The Bertz CT molecular complexity index is 469. The molecule has 1 atom stereocenters. The van der Waals surface area contributed by atoms with Crippen molar-refractivity contribution in [2.75, 3.05) is 12.4 Å². The Balaban J connectivity index is 2.25. The highest BCUT2D eigenvalue weighted by atomic mass is 79.9. The van der Waals surface area contributed by atoms with Crippen molar-refractivity contribution in [3.8, 4) is 0 Å². The second-order valence-corrected chi connectivity index (χ2v) is 6.00. The van der Waals surface area contributed by atoms with Crippen molar-refractivity contribution < 1.29 is 9.18 Å². The molecule has 0 aromatic heterocycles. The van der Waals surface area contributed by atoms with Gasteiger partial charge in [-0.05, 0) is 31.0 Å². The van der Waals surface area contributed by atoms with Crippen molar-refractivity contribution in [2.24, 2.45) is 0 Å². The lowest BCUT2D eigenvalue weighted by atomic mass is 10.1. The third-order valence-corrected chi connectivity index (χ3v) is 4.33. The molecule has 19 heavy (non-hydrogen) atoms. The normalized spacial score (nSPS) is 20.2. The smallest absolute Gasteiger partial charge is 0.257 e. The van der Waals surface area contributed by atoms with E-state index in [0.717, 1.165) is 25.7 Å². The number of alkyl halides is 1. The molecular formula is C14H16BrClFNO. The molecule has 0 spiro atoms. The predicted octanol–water partition coefficient (Wildman–Crippen LogP) is 4.21. The van der Waals surface area contributed by atoms with Crippen LogP contribution in [0, 0.1) is 5.82 Å². The number of likely N-dealkylation sites (tertiary alicyclic amines) is 1. The maximum absolute atomic E-state index is 13.9. The third kappa shape index (κ3) is 3.48. The van der Waals surface area contributed by atoms with E-state index in [4.69, 9.17) is 11.6 Å². The Morgan fingerprint density at radius 1 is 1.42 bits per heavy atom. The zero-order chi connectivity index (χ0) is 13.8. The fourth-order valence-corrected chi connectivity index (χ4v) is 3.08. The summed E-state index contributed by atoms with van der Waals surface area (Å²) in [7, 11) is 0. The molecule has 1 amide bonds. The van der Waals surface area contributed by atoms with Crippen molar-refractivity contribution in [1.82, 2.24) is 4.90 Å². The van der Waals surface area contributed by atoms with E-state index in [9.17, 15) is 9.18 Å². The molecule has 0 aliphatic carbocycles. The summed E-state index contributed by atoms with van der Waals surface area (Å²) in [5, 5.41) is 0. The number of rotatable bonds is 2. The molecule has 0 radical (unpaired) electrons. The van der Waals surface area contributed by atoms with Gasteiger partial charge in [0.2, 0.25) is 0 Å². The molecule has 1 aliphatic rings. The van der Waals surface area contributed by atoms with Gasteiger partial charge in [0, 0.05) is 22.9 Å². The Morgan fingerprint density at radius 3 is 2.89 bits per heavy atom. The monoisotopic (exact) mass is 347 g/mol. The van der Waals surface area contributed by atoms with Crippen LogP contribution in [0.1, 0.15) is 36.0 Å². The van der Waals surface area contributed by atoms with Gasteiger partial charge in [0.1, 0.15) is 5.82 Å². The summed E-state index contributed by atoms with van der Waals surface area (Å²) in [4.78, 5) is 14.2. The zero-order valence-corrected chi connectivity index (χ0v) is 12.9. The molecule has 1 aromatic carbocycles. The molecule has 2 rings (SSSR count). The lowest BCUT2D eigenvalue weighted by Crippen LogP contribution is -2.41. The van der Waals surface area contributed by atoms with Crippen LogP contribution in [-0.4, -0.2) is 29.3 Å². The Kier molecular flexibility index (Phi) is 5.22. The molecule has 0 bridgehead atoms. The molecule has 2 nitrogen and oxygen atoms in total. The summed E-state index contributed by atoms with van der Waals surface area (Å²) in [6.07, 6.45) is 4.02. The van der Waals surface area contributed by atoms with Crippen molar-refractivity contribution in [1.29, 1.82) is 0 Å². The molecule has 1 unspecified atom stereocenters. The minimum absolute atomic E-state index is 0.0136. The topological polar surface area (TPSA) is 20.3 Å². The molecule has 1 saturated heterocycles. The second kappa shape index (κ2) is 6.71. The fourth-order valence-electron chi connectivity index (χ4n) is 2.42. The molecule has 1 aromatic rings. The molecular weight excluding hydrogens is 333 g/mol. The maximum atomic E-state index is 13.9. The van der Waals surface area contributed by atoms with Gasteiger partial charge < -0.3 is 4.90 Å². The number of carbonyl (C=O) groups excluding carboxylic acids is 1. The van der Waals surface area contributed by atoms with E-state index in [1.54, 1.807) is 11.0 Å². The first-order chi connectivity index (χ1) is 9.13. The van der Waals surface area contributed by atoms with E-state index in [-0.39, 0.29) is 17.5 Å². The first-order valence-electron chi connectivity index (χ1n) is 6.45. The average Bonchev–Trinajstić information content (AvgIpc) is 2.63. The highest BCUT2D eigenvalue weighted by Gasteiger charge is 2.27. The van der Waals surface area contributed by atoms with E-state index in [2.05, 4.69) is 15.9 Å². The van der Waals surface area contributed by atoms with Gasteiger partial charge in [-0.2, -0.15) is 0 Å². The third-order valence-electron chi connectivity index (χ3n) is 3.48. The van der Waals surface area contributed by atoms with Crippen LogP contribution in [0.15, 0.2) is 22.7 Å². The number of carbonyl (C=O) groups is 1. The minimum atomic E-state index is -0.489. The van der Waals surface area contributed by atoms with Gasteiger partial charge >= 0.3 is 0 Å². The summed E-state index contributed by atoms with van der Waals surface area (Å²) in [5.74, 6) is -0.335. The maximum Gasteiger partial charge on any atom is 0.257 e. The van der Waals surface area contributed by atoms with Crippen LogP contribution in [-0.2, 0) is 0 Å². The van der Waals surface area contributed by atoms with E-state index in [1.807, 2.05) is 0 Å². The van der Waals surface area contributed by atoms with Gasteiger partial charge in [-0.3, -0.25) is 4.79 Å². The van der Waals surface area contributed by atoms with Crippen molar-refractivity contribution in [3.63, 3.8) is 0 Å². The van der Waals surface area contributed by atoms with E-state index >= 15 is 0 Å². The summed E-state index contributed by atoms with van der Waals surface area (Å²) in [6, 6.07) is 4.54. The van der Waals surface area contributed by atoms with Crippen molar-refractivity contribution in [3.05, 3.63) is 34.1 Å². The van der Waals surface area contributed by atoms with Gasteiger partial charge in [0.05, 0.1) is 5.56 Å². The van der Waals surface area contributed by atoms with E-state index in [1.165, 1.54) is 12.1 Å². The van der Waals surface area contributed by atoms with Gasteiger partial charge in [0.15, 0.2) is 0 Å². The largest absolute Gasteiger partial charge is 0.334 e. The van der Waals surface area contributed by atoms with Gasteiger partial charge in [0.25, 0.3) is 5.91 Å². The molecule has 104 valence electrons. The molecule has 1 aliphatic heterocycles. The Hall–Kier alpha value is -0.610. The zero-order valence-electron chi connectivity index (χ0n) is 10.5. The standard InChI is InChI=1S/C14H16BrClFNO/c15-10-5-6-12(13(17)8-10)14(19)18-7-3-1-2-4-11(18)9-16/h5-6,8,11H,1-4,7,9H2. The van der Waals surface area contributed by atoms with Gasteiger partial charge in [-0.1, -0.05) is 28.8 Å². The quantitative estimate of drug-likeness (QED) is 0.733. The summed E-state index contributed by atoms with van der Waals surface area (Å²) in [6.45, 7) is 0.658. The van der Waals surface area contributed by atoms with Crippen LogP contribution in [0.25, 0.3) is 0 Å². The minimum Gasteiger partial charge on any atom is -0.334 e. The van der Waals surface area contributed by atoms with Crippen molar-refractivity contribution >= 4 is 33.4 Å². The highest BCUT2D eigenvalue weighted by Crippen LogP contribution is 2.22. The Morgan fingerprint density at radius 2 is 2.21 bits per heavy atom. The summed E-state index contributed by atoms with van der Waals surface area (Å²) < 4.78 is 14.5. The van der Waals surface area contributed by atoms with E-state index in [0.29, 0.717) is 16.9 Å². The number of halogens is 3. The molecule has 1 heterocycles. The molecule has 0 N–H and O–H groups in total. The van der Waals surface area contributed by atoms with E-state index < -0.39 is 5.82 Å². The van der Waals surface area contributed by atoms with Crippen LogP contribution < -0.4 is 0 Å². The summed E-state index contributed by atoms with van der Waals surface area (Å²) >= 11 is 9.14. The molecule has 0 saturated carbocycles. The SMILES string of the molecule is O=C(c1ccc(Br)cc1F)N1CCCCCC1CCl. The molecule has 5 heteroatoms. The fraction of sp³-hybridized carbons (Fsp3) is 0.500. The number of nitrogens with zero attached hydrogens (tertiary/aromatic N) is 1. The lowest BCUT2D eigenvalue weighted by Gasteiger charge is -2.28. The van der Waals surface area contributed by atoms with Crippen LogP contribution in [0.3, 0.4) is 0 Å². The highest BCUT2D eigenvalue weighted by molar-refractivity contribution is 9.10. The average molecular weight is 349 g/mol. The lowest BCUT2D eigenvalue weighted by molar-refractivity contribution is 0.0695. The number of benzene rings is 1. The van der Waals surface area contributed by atoms with Crippen molar-refractivity contribution in [2.45, 2.75) is 31.7 Å². The Labute approximate surface area is 126 Å². The second-order valence-electron chi connectivity index (χ2n) is 4.78. The van der Waals surface area contributed by atoms with Gasteiger partial charge in [-0.15, -0.1) is 11.6 Å². The number of amides is 1. The van der Waals surface area contributed by atoms with Crippen LogP contribution >= 0.6 is 27.5 Å². The van der Waals surface area contributed by atoms with Gasteiger partial charge in [-0.25, -0.2) is 4.39 Å². The van der Waals surface area contributed by atoms with Crippen LogP contribution in [0.2, 0.25) is 0 Å². The van der Waals surface area contributed by atoms with Crippen LogP contribution in [0.4, 0.5) is 4.39 Å². The number of hydrogen-bond acceptors (Lipinski definition) is 1. The molecule has 1 fully saturated rings. The first-order valence-corrected chi connectivity index (χ1v) is 7.78.